The molecule has 0 heterocycles. The Labute approximate surface area is 97.7 Å². The van der Waals surface area contributed by atoms with Crippen molar-refractivity contribution < 1.29 is 18.7 Å². The zero-order chi connectivity index (χ0) is 12.8. The van der Waals surface area contributed by atoms with E-state index in [0.29, 0.717) is 12.1 Å². The maximum atomic E-state index is 13.5. The first kappa shape index (κ1) is 13.1. The highest BCUT2D eigenvalue weighted by Crippen LogP contribution is 2.11. The summed E-state index contributed by atoms with van der Waals surface area (Å²) in [4.78, 5) is 21.6. The van der Waals surface area contributed by atoms with Crippen LogP contribution in [0.15, 0.2) is 18.2 Å². The van der Waals surface area contributed by atoms with Crippen LogP contribution >= 0.6 is 0 Å². The summed E-state index contributed by atoms with van der Waals surface area (Å²) in [6, 6.07) is 4.12. The Kier molecular flexibility index (Phi) is 4.59. The first-order chi connectivity index (χ1) is 8.04. The van der Waals surface area contributed by atoms with Crippen molar-refractivity contribution in [2.24, 2.45) is 5.73 Å². The minimum absolute atomic E-state index is 0.0143. The van der Waals surface area contributed by atoms with Crippen LogP contribution in [0.2, 0.25) is 0 Å². The van der Waals surface area contributed by atoms with Gasteiger partial charge >= 0.3 is 5.97 Å². The first-order valence-corrected chi connectivity index (χ1v) is 4.90. The normalized spacial score (nSPS) is 10.0. The molecule has 0 aliphatic carbocycles. The summed E-state index contributed by atoms with van der Waals surface area (Å²) in [7, 11) is 1.18. The van der Waals surface area contributed by atoms with Crippen molar-refractivity contribution in [3.63, 3.8) is 0 Å². The molecule has 0 unspecified atom stereocenters. The van der Waals surface area contributed by atoms with Crippen LogP contribution < -0.4 is 11.1 Å². The van der Waals surface area contributed by atoms with Gasteiger partial charge in [-0.3, -0.25) is 4.79 Å². The standard InChI is InChI=1S/C11H13FN2O3/c1-17-11(16)8-3-2-7(4-9(8)12)5-14-6-10(13)15/h2-4,14H,5-6H2,1H3,(H2,13,15). The Morgan fingerprint density at radius 2 is 2.18 bits per heavy atom. The number of amides is 1. The molecule has 92 valence electrons. The van der Waals surface area contributed by atoms with E-state index in [1.54, 1.807) is 6.07 Å². The molecule has 0 saturated heterocycles. The highest BCUT2D eigenvalue weighted by Gasteiger charge is 2.11. The van der Waals surface area contributed by atoms with Crippen LogP contribution in [0.25, 0.3) is 0 Å². The fourth-order valence-electron chi connectivity index (χ4n) is 1.27. The molecule has 0 aromatic heterocycles. The molecule has 6 heteroatoms. The van der Waals surface area contributed by atoms with Gasteiger partial charge in [0.25, 0.3) is 0 Å². The van der Waals surface area contributed by atoms with Gasteiger partial charge in [-0.2, -0.15) is 0 Å². The molecule has 0 spiro atoms. The Hall–Kier alpha value is -1.95. The van der Waals surface area contributed by atoms with E-state index < -0.39 is 17.7 Å². The van der Waals surface area contributed by atoms with Crippen LogP contribution in [0.1, 0.15) is 15.9 Å². The van der Waals surface area contributed by atoms with Crippen molar-refractivity contribution >= 4 is 11.9 Å². The fraction of sp³-hybridized carbons (Fsp3) is 0.273. The van der Waals surface area contributed by atoms with Gasteiger partial charge in [-0.1, -0.05) is 6.07 Å². The number of nitrogens with two attached hydrogens (primary N) is 1. The highest BCUT2D eigenvalue weighted by atomic mass is 19.1. The average molecular weight is 240 g/mol. The molecule has 3 N–H and O–H groups in total. The summed E-state index contributed by atoms with van der Waals surface area (Å²) in [6.45, 7) is 0.307. The number of primary amides is 1. The third kappa shape index (κ3) is 3.84. The SMILES string of the molecule is COC(=O)c1ccc(CNCC(N)=O)cc1F. The predicted molar refractivity (Wildman–Crippen MR) is 58.6 cm³/mol. The van der Waals surface area contributed by atoms with Crippen LogP contribution in [0.5, 0.6) is 0 Å². The number of benzene rings is 1. The molecular weight excluding hydrogens is 227 g/mol. The van der Waals surface area contributed by atoms with Crippen LogP contribution in [0.4, 0.5) is 4.39 Å². The number of esters is 1. The zero-order valence-electron chi connectivity index (χ0n) is 9.33. The maximum Gasteiger partial charge on any atom is 0.340 e. The number of ether oxygens (including phenoxy) is 1. The Bertz CT molecular complexity index is 435. The molecular formula is C11H13FN2O3. The van der Waals surface area contributed by atoms with Crippen molar-refractivity contribution in [2.45, 2.75) is 6.54 Å². The molecule has 1 aromatic carbocycles. The Morgan fingerprint density at radius 3 is 2.71 bits per heavy atom. The predicted octanol–water partition coefficient (Wildman–Crippen LogP) is 0.187. The van der Waals surface area contributed by atoms with E-state index in [2.05, 4.69) is 10.1 Å². The molecule has 0 aliphatic rings. The highest BCUT2D eigenvalue weighted by molar-refractivity contribution is 5.89. The third-order valence-electron chi connectivity index (χ3n) is 2.07. The summed E-state index contributed by atoms with van der Waals surface area (Å²) in [5, 5.41) is 2.73. The van der Waals surface area contributed by atoms with E-state index >= 15 is 0 Å². The lowest BCUT2D eigenvalue weighted by Crippen LogP contribution is -2.28. The van der Waals surface area contributed by atoms with Crippen LogP contribution in [-0.2, 0) is 16.1 Å². The molecule has 5 nitrogen and oxygen atoms in total. The van der Waals surface area contributed by atoms with E-state index in [0.717, 1.165) is 0 Å². The maximum absolute atomic E-state index is 13.5. The molecule has 17 heavy (non-hydrogen) atoms. The van der Waals surface area contributed by atoms with Crippen molar-refractivity contribution in [3.8, 4) is 0 Å². The van der Waals surface area contributed by atoms with Gasteiger partial charge in [0.05, 0.1) is 19.2 Å². The molecule has 0 saturated carbocycles. The van der Waals surface area contributed by atoms with Crippen LogP contribution in [0.3, 0.4) is 0 Å². The van der Waals surface area contributed by atoms with E-state index in [9.17, 15) is 14.0 Å². The van der Waals surface area contributed by atoms with Gasteiger partial charge in [0.15, 0.2) is 0 Å². The summed E-state index contributed by atoms with van der Waals surface area (Å²) < 4.78 is 17.9. The number of hydrogen-bond donors (Lipinski definition) is 2. The van der Waals surface area contributed by atoms with E-state index in [1.807, 2.05) is 0 Å². The second-order valence-electron chi connectivity index (χ2n) is 3.38. The molecule has 0 aliphatic heterocycles. The quantitative estimate of drug-likeness (QED) is 0.720. The number of halogens is 1. The van der Waals surface area contributed by atoms with Crippen molar-refractivity contribution in [3.05, 3.63) is 35.1 Å². The molecule has 0 atom stereocenters. The molecule has 0 fully saturated rings. The van der Waals surface area contributed by atoms with Gasteiger partial charge < -0.3 is 15.8 Å². The average Bonchev–Trinajstić information content (AvgIpc) is 2.28. The second-order valence-corrected chi connectivity index (χ2v) is 3.38. The van der Waals surface area contributed by atoms with Crippen molar-refractivity contribution in [1.82, 2.24) is 5.32 Å². The minimum atomic E-state index is -0.723. The molecule has 1 aromatic rings. The molecule has 1 rings (SSSR count). The lowest BCUT2D eigenvalue weighted by molar-refractivity contribution is -0.117. The lowest BCUT2D eigenvalue weighted by Gasteiger charge is -2.05. The third-order valence-corrected chi connectivity index (χ3v) is 2.07. The number of carbonyl (C=O) groups is 2. The molecule has 0 bridgehead atoms. The number of hydrogen-bond acceptors (Lipinski definition) is 4. The van der Waals surface area contributed by atoms with Crippen LogP contribution in [0, 0.1) is 5.82 Å². The summed E-state index contributed by atoms with van der Waals surface area (Å²) in [5.41, 5.74) is 5.42. The number of rotatable bonds is 5. The topological polar surface area (TPSA) is 81.4 Å². The first-order valence-electron chi connectivity index (χ1n) is 4.90. The van der Waals surface area contributed by atoms with E-state index in [1.165, 1.54) is 19.2 Å². The molecule has 0 radical (unpaired) electrons. The van der Waals surface area contributed by atoms with Gasteiger partial charge in [0, 0.05) is 6.54 Å². The molecule has 1 amide bonds. The summed E-state index contributed by atoms with van der Waals surface area (Å²) in [5.74, 6) is -1.87. The lowest BCUT2D eigenvalue weighted by atomic mass is 10.1. The fourth-order valence-corrected chi connectivity index (χ4v) is 1.27. The van der Waals surface area contributed by atoms with E-state index in [4.69, 9.17) is 5.73 Å². The van der Waals surface area contributed by atoms with Gasteiger partial charge in [-0.05, 0) is 17.7 Å². The summed E-state index contributed by atoms with van der Waals surface area (Å²) >= 11 is 0. The number of carbonyl (C=O) groups excluding carboxylic acids is 2. The van der Waals surface area contributed by atoms with E-state index in [-0.39, 0.29) is 12.1 Å². The smallest absolute Gasteiger partial charge is 0.340 e. The Morgan fingerprint density at radius 1 is 1.47 bits per heavy atom. The Balaban J connectivity index is 2.68. The number of nitrogens with one attached hydrogen (secondary N) is 1. The zero-order valence-corrected chi connectivity index (χ0v) is 9.33. The van der Waals surface area contributed by atoms with Crippen molar-refractivity contribution in [2.75, 3.05) is 13.7 Å². The monoisotopic (exact) mass is 240 g/mol. The second kappa shape index (κ2) is 5.95. The van der Waals surface area contributed by atoms with Crippen LogP contribution in [-0.4, -0.2) is 25.5 Å². The van der Waals surface area contributed by atoms with Gasteiger partial charge in [0.2, 0.25) is 5.91 Å². The minimum Gasteiger partial charge on any atom is -0.465 e. The van der Waals surface area contributed by atoms with Crippen molar-refractivity contribution in [1.29, 1.82) is 0 Å². The number of methoxy groups -OCH3 is 1. The summed E-state index contributed by atoms with van der Waals surface area (Å²) in [6.07, 6.45) is 0. The van der Waals surface area contributed by atoms with Gasteiger partial charge in [0.1, 0.15) is 5.82 Å². The largest absolute Gasteiger partial charge is 0.465 e. The van der Waals surface area contributed by atoms with Gasteiger partial charge in [-0.15, -0.1) is 0 Å². The van der Waals surface area contributed by atoms with Gasteiger partial charge in [-0.25, -0.2) is 9.18 Å².